The Morgan fingerprint density at radius 1 is 1.36 bits per heavy atom. The van der Waals surface area contributed by atoms with E-state index in [0.717, 1.165) is 41.4 Å². The maximum absolute atomic E-state index is 11.5. The number of carboxylic acids is 1. The second kappa shape index (κ2) is 4.86. The molecular weight excluding hydrogens is 300 g/mol. The molecule has 2 N–H and O–H groups in total. The van der Waals surface area contributed by atoms with Crippen molar-refractivity contribution in [3.8, 4) is 0 Å². The minimum absolute atomic E-state index is 0.103. The molecule has 1 aliphatic heterocycles. The molecule has 0 bridgehead atoms. The Balaban J connectivity index is 1.89. The number of aryl methyl sites for hydroxylation is 1. The number of hydrogen-bond donors (Lipinski definition) is 2. The van der Waals surface area contributed by atoms with Crippen LogP contribution in [0.5, 0.6) is 0 Å². The highest BCUT2D eigenvalue weighted by atomic mass is 32.2. The van der Waals surface area contributed by atoms with Gasteiger partial charge in [-0.3, -0.25) is 9.36 Å². The molecule has 0 amide bonds. The van der Waals surface area contributed by atoms with Gasteiger partial charge >= 0.3 is 5.97 Å². The largest absolute Gasteiger partial charge is 0.481 e. The van der Waals surface area contributed by atoms with Crippen LogP contribution < -0.4 is 0 Å². The Kier molecular flexibility index (Phi) is 3.06. The highest BCUT2D eigenvalue weighted by Gasteiger charge is 2.51. The number of rotatable bonds is 3. The summed E-state index contributed by atoms with van der Waals surface area (Å²) in [6.45, 7) is 0. The van der Waals surface area contributed by atoms with Crippen molar-refractivity contribution in [3.63, 3.8) is 0 Å². The van der Waals surface area contributed by atoms with Gasteiger partial charge in [-0.15, -0.1) is 0 Å². The molecule has 4 rings (SSSR count). The van der Waals surface area contributed by atoms with Crippen LogP contribution >= 0.6 is 11.8 Å². The Hall–Kier alpha value is -1.79. The molecule has 1 aromatic heterocycles. The minimum atomic E-state index is -1.34. The summed E-state index contributed by atoms with van der Waals surface area (Å²) in [5.41, 5.74) is 1.48. The third-order valence-corrected chi connectivity index (χ3v) is 5.71. The topological polar surface area (TPSA) is 75.3 Å². The number of fused-ring (bicyclic) bond motifs is 3. The molecule has 0 radical (unpaired) electrons. The number of hydrogen-bond acceptors (Lipinski definition) is 4. The summed E-state index contributed by atoms with van der Waals surface area (Å²) in [7, 11) is 0. The zero-order valence-electron chi connectivity index (χ0n) is 11.9. The molecule has 1 aliphatic carbocycles. The highest BCUT2D eigenvalue weighted by molar-refractivity contribution is 8.00. The average Bonchev–Trinajstić information content (AvgIpc) is 3.12. The molecule has 22 heavy (non-hydrogen) atoms. The molecular formula is C16H16N2O3S. The summed E-state index contributed by atoms with van der Waals surface area (Å²) in [6.07, 6.45) is 2.76. The number of aliphatic hydroxyl groups is 1. The molecule has 5 nitrogen and oxygen atoms in total. The molecule has 0 fully saturated rings. The fourth-order valence-corrected chi connectivity index (χ4v) is 4.88. The number of nitrogens with zero attached hydrogens (tertiary/aromatic N) is 2. The van der Waals surface area contributed by atoms with Crippen LogP contribution in [0.4, 0.5) is 0 Å². The quantitative estimate of drug-likeness (QED) is 0.906. The third-order valence-electron chi connectivity index (χ3n) is 4.45. The Labute approximate surface area is 132 Å². The number of thioether (sulfide) groups is 1. The number of aromatic nitrogens is 2. The van der Waals surface area contributed by atoms with Crippen LogP contribution in [0.2, 0.25) is 0 Å². The molecule has 2 aliphatic rings. The molecule has 0 unspecified atom stereocenters. The predicted molar refractivity (Wildman–Crippen MR) is 81.9 cm³/mol. The van der Waals surface area contributed by atoms with Crippen molar-refractivity contribution in [1.82, 2.24) is 9.55 Å². The lowest BCUT2D eigenvalue weighted by atomic mass is 9.96. The lowest BCUT2D eigenvalue weighted by molar-refractivity contribution is -0.138. The van der Waals surface area contributed by atoms with Crippen molar-refractivity contribution >= 4 is 17.7 Å². The summed E-state index contributed by atoms with van der Waals surface area (Å²) >= 11 is 1.37. The highest BCUT2D eigenvalue weighted by Crippen LogP contribution is 2.50. The van der Waals surface area contributed by atoms with Gasteiger partial charge in [0.2, 0.25) is 0 Å². The normalized spacial score (nSPS) is 26.0. The van der Waals surface area contributed by atoms with E-state index in [0.29, 0.717) is 0 Å². The van der Waals surface area contributed by atoms with Gasteiger partial charge < -0.3 is 10.2 Å². The Bertz CT molecular complexity index is 743. The first-order chi connectivity index (χ1) is 10.6. The molecule has 114 valence electrons. The van der Waals surface area contributed by atoms with E-state index in [4.69, 9.17) is 0 Å². The van der Waals surface area contributed by atoms with Crippen molar-refractivity contribution in [1.29, 1.82) is 0 Å². The second-order valence-electron chi connectivity index (χ2n) is 5.77. The van der Waals surface area contributed by atoms with Crippen molar-refractivity contribution in [2.45, 2.75) is 41.8 Å². The van der Waals surface area contributed by atoms with Gasteiger partial charge in [0.1, 0.15) is 0 Å². The van der Waals surface area contributed by atoms with Crippen molar-refractivity contribution in [2.75, 3.05) is 0 Å². The third kappa shape index (κ3) is 1.84. The molecule has 0 saturated carbocycles. The first-order valence-corrected chi connectivity index (χ1v) is 8.26. The fourth-order valence-electron chi connectivity index (χ4n) is 3.48. The van der Waals surface area contributed by atoms with Gasteiger partial charge in [-0.05, 0) is 19.3 Å². The van der Waals surface area contributed by atoms with Crippen LogP contribution in [0.3, 0.4) is 0 Å². The predicted octanol–water partition coefficient (Wildman–Crippen LogP) is 2.01. The van der Waals surface area contributed by atoms with E-state index >= 15 is 0 Å². The van der Waals surface area contributed by atoms with Crippen molar-refractivity contribution < 1.29 is 15.0 Å². The second-order valence-corrected chi connectivity index (χ2v) is 6.94. The Morgan fingerprint density at radius 3 is 2.86 bits per heavy atom. The van der Waals surface area contributed by atoms with E-state index in [2.05, 4.69) is 4.98 Å². The lowest BCUT2D eigenvalue weighted by Crippen LogP contribution is -2.42. The van der Waals surface area contributed by atoms with Gasteiger partial charge in [0.15, 0.2) is 10.9 Å². The molecule has 2 heterocycles. The Morgan fingerprint density at radius 2 is 2.14 bits per heavy atom. The van der Waals surface area contributed by atoms with Gasteiger partial charge in [0.25, 0.3) is 0 Å². The van der Waals surface area contributed by atoms with E-state index in [1.807, 2.05) is 34.9 Å². The number of aliphatic carboxylic acids is 1. The van der Waals surface area contributed by atoms with Gasteiger partial charge in [-0.2, -0.15) is 0 Å². The minimum Gasteiger partial charge on any atom is -0.481 e. The standard InChI is InChI=1S/C16H16N2O3S/c19-14(20)9-13-16(21,10-5-2-1-3-6-10)18-12-8-4-7-11(12)17-15(18)22-13/h1-3,5-6,13,21H,4,7-9H2,(H,19,20)/t13-,16+/m0/s1. The van der Waals surface area contributed by atoms with Crippen LogP contribution in [-0.4, -0.2) is 31.0 Å². The van der Waals surface area contributed by atoms with Gasteiger partial charge in [-0.25, -0.2) is 4.98 Å². The van der Waals surface area contributed by atoms with Crippen LogP contribution in [0.25, 0.3) is 0 Å². The molecule has 6 heteroatoms. The summed E-state index contributed by atoms with van der Waals surface area (Å²) < 4.78 is 1.88. The van der Waals surface area contributed by atoms with Gasteiger partial charge in [0, 0.05) is 11.3 Å². The maximum atomic E-state index is 11.5. The average molecular weight is 316 g/mol. The fraction of sp³-hybridized carbons (Fsp3) is 0.375. The lowest BCUT2D eigenvalue weighted by Gasteiger charge is -2.32. The van der Waals surface area contributed by atoms with E-state index < -0.39 is 16.9 Å². The van der Waals surface area contributed by atoms with Crippen LogP contribution in [0.15, 0.2) is 35.5 Å². The number of carboxylic acid groups (broad SMARTS) is 1. The van der Waals surface area contributed by atoms with Crippen molar-refractivity contribution in [2.24, 2.45) is 0 Å². The molecule has 0 saturated heterocycles. The molecule has 2 atom stereocenters. The number of carbonyl (C=O) groups is 1. The molecule has 2 aromatic rings. The first kappa shape index (κ1) is 13.8. The summed E-state index contributed by atoms with van der Waals surface area (Å²) in [5.74, 6) is -0.908. The SMILES string of the molecule is O=C(O)C[C@@H]1Sc2nc3c(n2[C@@]1(O)c1ccccc1)CCC3. The molecule has 0 spiro atoms. The zero-order valence-corrected chi connectivity index (χ0v) is 12.7. The van der Waals surface area contributed by atoms with Crippen LogP contribution in [-0.2, 0) is 23.4 Å². The summed E-state index contributed by atoms with van der Waals surface area (Å²) in [6, 6.07) is 9.33. The van der Waals surface area contributed by atoms with Crippen molar-refractivity contribution in [3.05, 3.63) is 47.3 Å². The van der Waals surface area contributed by atoms with Gasteiger partial charge in [0.05, 0.1) is 17.4 Å². The van der Waals surface area contributed by atoms with E-state index in [-0.39, 0.29) is 6.42 Å². The summed E-state index contributed by atoms with van der Waals surface area (Å²) in [5, 5.41) is 21.0. The maximum Gasteiger partial charge on any atom is 0.304 e. The van der Waals surface area contributed by atoms with E-state index in [9.17, 15) is 15.0 Å². The number of benzene rings is 1. The van der Waals surface area contributed by atoms with Gasteiger partial charge in [-0.1, -0.05) is 42.1 Å². The van der Waals surface area contributed by atoms with Crippen LogP contribution in [0.1, 0.15) is 29.8 Å². The smallest absolute Gasteiger partial charge is 0.304 e. The molecule has 1 aromatic carbocycles. The number of imidazole rings is 1. The van der Waals surface area contributed by atoms with E-state index in [1.54, 1.807) is 0 Å². The zero-order chi connectivity index (χ0) is 15.3. The van der Waals surface area contributed by atoms with E-state index in [1.165, 1.54) is 11.8 Å². The van der Waals surface area contributed by atoms with Crippen LogP contribution in [0, 0.1) is 0 Å². The summed E-state index contributed by atoms with van der Waals surface area (Å²) in [4.78, 5) is 15.8. The first-order valence-electron chi connectivity index (χ1n) is 7.38. The monoisotopic (exact) mass is 316 g/mol.